The standard InChI is InChI=1S/C29H33N3O6/c1-29(2,3)30-28(34)25(17-21-11-7-5-8-12-21)31(19-22-13-9-6-10-14-22)27(33)20-38-23-15-16-24(32(35)36)26(18-23)37-4/h5-16,18,25H,17,19-20H2,1-4H3,(H,30,34). The van der Waals surface area contributed by atoms with Crippen LogP contribution in [0, 0.1) is 10.1 Å². The molecule has 3 aromatic rings. The Labute approximate surface area is 222 Å². The average molecular weight is 520 g/mol. The number of nitrogens with zero attached hydrogens (tertiary/aromatic N) is 2. The summed E-state index contributed by atoms with van der Waals surface area (Å²) in [6, 6.07) is 22.2. The van der Waals surface area contributed by atoms with E-state index >= 15 is 0 Å². The van der Waals surface area contributed by atoms with Crippen molar-refractivity contribution in [2.24, 2.45) is 0 Å². The summed E-state index contributed by atoms with van der Waals surface area (Å²) in [5, 5.41) is 14.2. The van der Waals surface area contributed by atoms with Crippen molar-refractivity contribution in [3.05, 3.63) is 100 Å². The summed E-state index contributed by atoms with van der Waals surface area (Å²) in [6.07, 6.45) is 0.312. The lowest BCUT2D eigenvalue weighted by Gasteiger charge is -2.33. The number of nitro groups is 1. The van der Waals surface area contributed by atoms with Gasteiger partial charge < -0.3 is 19.7 Å². The lowest BCUT2D eigenvalue weighted by Crippen LogP contribution is -2.55. The molecule has 0 aromatic heterocycles. The topological polar surface area (TPSA) is 111 Å². The van der Waals surface area contributed by atoms with Crippen molar-refractivity contribution >= 4 is 17.5 Å². The minimum Gasteiger partial charge on any atom is -0.490 e. The summed E-state index contributed by atoms with van der Waals surface area (Å²) >= 11 is 0. The molecule has 0 aliphatic heterocycles. The van der Waals surface area contributed by atoms with Gasteiger partial charge >= 0.3 is 5.69 Å². The third-order valence-electron chi connectivity index (χ3n) is 5.68. The maximum Gasteiger partial charge on any atom is 0.311 e. The van der Waals surface area contributed by atoms with Gasteiger partial charge in [-0.2, -0.15) is 0 Å². The van der Waals surface area contributed by atoms with Gasteiger partial charge in [-0.15, -0.1) is 0 Å². The lowest BCUT2D eigenvalue weighted by atomic mass is 10.0. The second-order valence-corrected chi connectivity index (χ2v) is 9.83. The predicted molar refractivity (Wildman–Crippen MR) is 144 cm³/mol. The molecule has 200 valence electrons. The van der Waals surface area contributed by atoms with E-state index in [1.54, 1.807) is 0 Å². The van der Waals surface area contributed by atoms with E-state index in [9.17, 15) is 19.7 Å². The Bertz CT molecular complexity index is 1240. The molecule has 0 saturated heterocycles. The summed E-state index contributed by atoms with van der Waals surface area (Å²) in [4.78, 5) is 39.3. The van der Waals surface area contributed by atoms with E-state index in [0.29, 0.717) is 6.42 Å². The van der Waals surface area contributed by atoms with Crippen LogP contribution >= 0.6 is 0 Å². The first kappa shape index (κ1) is 28.2. The molecule has 38 heavy (non-hydrogen) atoms. The van der Waals surface area contributed by atoms with Crippen LogP contribution in [-0.2, 0) is 22.6 Å². The van der Waals surface area contributed by atoms with Gasteiger partial charge in [-0.25, -0.2) is 0 Å². The van der Waals surface area contributed by atoms with Crippen LogP contribution in [0.3, 0.4) is 0 Å². The van der Waals surface area contributed by atoms with Crippen molar-refractivity contribution in [2.45, 2.75) is 45.3 Å². The lowest BCUT2D eigenvalue weighted by molar-refractivity contribution is -0.385. The highest BCUT2D eigenvalue weighted by Gasteiger charge is 2.32. The van der Waals surface area contributed by atoms with Crippen molar-refractivity contribution < 1.29 is 24.0 Å². The molecule has 3 aromatic carbocycles. The molecule has 0 bridgehead atoms. The van der Waals surface area contributed by atoms with Gasteiger partial charge in [0.1, 0.15) is 11.8 Å². The predicted octanol–water partition coefficient (Wildman–Crippen LogP) is 4.54. The Morgan fingerprint density at radius 1 is 0.974 bits per heavy atom. The largest absolute Gasteiger partial charge is 0.490 e. The first-order valence-corrected chi connectivity index (χ1v) is 12.2. The Morgan fingerprint density at radius 3 is 2.13 bits per heavy atom. The molecule has 1 N–H and O–H groups in total. The van der Waals surface area contributed by atoms with Crippen LogP contribution in [0.5, 0.6) is 11.5 Å². The molecule has 0 aliphatic rings. The quantitative estimate of drug-likeness (QED) is 0.294. The minimum atomic E-state index is -0.806. The summed E-state index contributed by atoms with van der Waals surface area (Å²) < 4.78 is 10.8. The molecule has 0 spiro atoms. The highest BCUT2D eigenvalue weighted by atomic mass is 16.6. The zero-order valence-electron chi connectivity index (χ0n) is 22.0. The van der Waals surface area contributed by atoms with E-state index in [-0.39, 0.29) is 36.2 Å². The Hall–Kier alpha value is -4.40. The maximum absolute atomic E-state index is 13.6. The fourth-order valence-electron chi connectivity index (χ4n) is 3.91. The van der Waals surface area contributed by atoms with Crippen molar-refractivity contribution in [2.75, 3.05) is 13.7 Å². The maximum atomic E-state index is 13.6. The van der Waals surface area contributed by atoms with Crippen molar-refractivity contribution in [3.8, 4) is 11.5 Å². The van der Waals surface area contributed by atoms with Gasteiger partial charge in [0, 0.05) is 30.6 Å². The van der Waals surface area contributed by atoms with Crippen LogP contribution in [0.25, 0.3) is 0 Å². The smallest absolute Gasteiger partial charge is 0.311 e. The molecular formula is C29H33N3O6. The van der Waals surface area contributed by atoms with Crippen LogP contribution in [0.1, 0.15) is 31.9 Å². The van der Waals surface area contributed by atoms with Gasteiger partial charge in [0.2, 0.25) is 11.7 Å². The average Bonchev–Trinajstić information content (AvgIpc) is 2.89. The van der Waals surface area contributed by atoms with E-state index in [1.165, 1.54) is 30.2 Å². The third-order valence-corrected chi connectivity index (χ3v) is 5.68. The SMILES string of the molecule is COc1cc(OCC(=O)N(Cc2ccccc2)C(Cc2ccccc2)C(=O)NC(C)(C)C)ccc1[N+](=O)[O-]. The minimum absolute atomic E-state index is 0.0209. The number of carbonyl (C=O) groups excluding carboxylic acids is 2. The summed E-state index contributed by atoms with van der Waals surface area (Å²) in [7, 11) is 1.32. The van der Waals surface area contributed by atoms with E-state index in [2.05, 4.69) is 5.32 Å². The van der Waals surface area contributed by atoms with Gasteiger partial charge in [-0.1, -0.05) is 60.7 Å². The highest BCUT2D eigenvalue weighted by molar-refractivity contribution is 5.89. The number of carbonyl (C=O) groups is 2. The molecule has 0 heterocycles. The summed E-state index contributed by atoms with van der Waals surface area (Å²) in [5.41, 5.74) is 1.06. The molecule has 0 aliphatic carbocycles. The molecule has 9 heteroatoms. The molecule has 1 atom stereocenters. The Morgan fingerprint density at radius 2 is 1.58 bits per heavy atom. The number of nitrogens with one attached hydrogen (secondary N) is 1. The van der Waals surface area contributed by atoms with E-state index in [1.807, 2.05) is 81.4 Å². The second kappa shape index (κ2) is 12.7. The summed E-state index contributed by atoms with van der Waals surface area (Å²) in [5.74, 6) is -0.425. The van der Waals surface area contributed by atoms with Crippen LogP contribution < -0.4 is 14.8 Å². The number of hydrogen-bond donors (Lipinski definition) is 1. The van der Waals surface area contributed by atoms with Crippen LogP contribution in [0.15, 0.2) is 78.9 Å². The fraction of sp³-hybridized carbons (Fsp3) is 0.310. The van der Waals surface area contributed by atoms with Gasteiger partial charge in [-0.05, 0) is 38.0 Å². The normalized spacial score (nSPS) is 11.8. The number of amides is 2. The Kier molecular flexibility index (Phi) is 9.43. The molecule has 0 fully saturated rings. The molecular weight excluding hydrogens is 486 g/mol. The van der Waals surface area contributed by atoms with Crippen molar-refractivity contribution in [1.29, 1.82) is 0 Å². The molecule has 9 nitrogen and oxygen atoms in total. The van der Waals surface area contributed by atoms with Gasteiger partial charge in [-0.3, -0.25) is 19.7 Å². The molecule has 0 radical (unpaired) electrons. The first-order valence-electron chi connectivity index (χ1n) is 12.2. The molecule has 1 unspecified atom stereocenters. The van der Waals surface area contributed by atoms with Gasteiger partial charge in [0.05, 0.1) is 12.0 Å². The number of hydrogen-bond acceptors (Lipinski definition) is 6. The van der Waals surface area contributed by atoms with Crippen LogP contribution in [0.2, 0.25) is 0 Å². The van der Waals surface area contributed by atoms with Crippen molar-refractivity contribution in [3.63, 3.8) is 0 Å². The third kappa shape index (κ3) is 8.06. The second-order valence-electron chi connectivity index (χ2n) is 9.83. The monoisotopic (exact) mass is 519 g/mol. The van der Waals surface area contributed by atoms with E-state index in [0.717, 1.165) is 11.1 Å². The Balaban J connectivity index is 1.91. The fourth-order valence-corrected chi connectivity index (χ4v) is 3.91. The van der Waals surface area contributed by atoms with Gasteiger partial charge in [0.15, 0.2) is 6.61 Å². The summed E-state index contributed by atoms with van der Waals surface area (Å²) in [6.45, 7) is 5.49. The molecule has 2 amide bonds. The zero-order chi connectivity index (χ0) is 27.7. The number of methoxy groups -OCH3 is 1. The van der Waals surface area contributed by atoms with Crippen LogP contribution in [0.4, 0.5) is 5.69 Å². The van der Waals surface area contributed by atoms with Crippen LogP contribution in [-0.4, -0.2) is 46.9 Å². The van der Waals surface area contributed by atoms with Crippen molar-refractivity contribution in [1.82, 2.24) is 10.2 Å². The van der Waals surface area contributed by atoms with E-state index in [4.69, 9.17) is 9.47 Å². The zero-order valence-corrected chi connectivity index (χ0v) is 22.0. The van der Waals surface area contributed by atoms with Gasteiger partial charge in [0.25, 0.3) is 5.91 Å². The molecule has 3 rings (SSSR count). The molecule has 0 saturated carbocycles. The number of ether oxygens (including phenoxy) is 2. The number of nitro benzene ring substituents is 1. The number of rotatable bonds is 11. The number of benzene rings is 3. The van der Waals surface area contributed by atoms with E-state index < -0.39 is 22.4 Å². The highest BCUT2D eigenvalue weighted by Crippen LogP contribution is 2.30. The first-order chi connectivity index (χ1) is 18.1.